The van der Waals surface area contributed by atoms with E-state index < -0.39 is 0 Å². The Morgan fingerprint density at radius 2 is 1.78 bits per heavy atom. The molecular formula is C19H21ClN2S. The lowest BCUT2D eigenvalue weighted by molar-refractivity contribution is 0.110. The molecule has 0 radical (unpaired) electrons. The quantitative estimate of drug-likeness (QED) is 0.760. The Balaban J connectivity index is 1.74. The van der Waals surface area contributed by atoms with Gasteiger partial charge in [-0.15, -0.1) is 0 Å². The molecule has 1 fully saturated rings. The van der Waals surface area contributed by atoms with Crippen LogP contribution in [-0.4, -0.2) is 43.0 Å². The van der Waals surface area contributed by atoms with Crippen molar-refractivity contribution in [1.82, 2.24) is 9.80 Å². The summed E-state index contributed by atoms with van der Waals surface area (Å²) < 4.78 is 0. The highest BCUT2D eigenvalue weighted by atomic mass is 35.5. The van der Waals surface area contributed by atoms with Gasteiger partial charge in [0.15, 0.2) is 0 Å². The Hall–Kier alpha value is -1.00. The molecule has 1 unspecified atom stereocenters. The van der Waals surface area contributed by atoms with Crippen molar-refractivity contribution < 1.29 is 0 Å². The van der Waals surface area contributed by atoms with Crippen LogP contribution in [0.5, 0.6) is 0 Å². The fourth-order valence-corrected chi connectivity index (χ4v) is 4.95. The number of piperazine rings is 1. The summed E-state index contributed by atoms with van der Waals surface area (Å²) in [6, 6.07) is 15.7. The van der Waals surface area contributed by atoms with Gasteiger partial charge < -0.3 is 4.90 Å². The van der Waals surface area contributed by atoms with E-state index in [1.54, 1.807) is 0 Å². The highest BCUT2D eigenvalue weighted by Crippen LogP contribution is 2.43. The van der Waals surface area contributed by atoms with Gasteiger partial charge in [-0.3, -0.25) is 4.90 Å². The van der Waals surface area contributed by atoms with Crippen molar-refractivity contribution in [3.63, 3.8) is 0 Å². The zero-order valence-corrected chi connectivity index (χ0v) is 14.9. The number of hydrogen-bond acceptors (Lipinski definition) is 3. The number of benzene rings is 2. The average Bonchev–Trinajstić information content (AvgIpc) is 2.72. The molecule has 0 saturated carbocycles. The predicted molar refractivity (Wildman–Crippen MR) is 97.5 cm³/mol. The monoisotopic (exact) mass is 344 g/mol. The molecular weight excluding hydrogens is 324 g/mol. The Morgan fingerprint density at radius 3 is 2.61 bits per heavy atom. The summed E-state index contributed by atoms with van der Waals surface area (Å²) in [6.45, 7) is 4.59. The summed E-state index contributed by atoms with van der Waals surface area (Å²) in [5.74, 6) is 0. The summed E-state index contributed by atoms with van der Waals surface area (Å²) in [5, 5.41) is 0.826. The maximum Gasteiger partial charge on any atom is 0.0417 e. The van der Waals surface area contributed by atoms with Crippen molar-refractivity contribution in [3.05, 3.63) is 58.6 Å². The molecule has 0 aliphatic carbocycles. The van der Waals surface area contributed by atoms with E-state index in [0.717, 1.165) is 37.6 Å². The lowest BCUT2D eigenvalue weighted by atomic mass is 9.96. The zero-order chi connectivity index (χ0) is 15.8. The van der Waals surface area contributed by atoms with Gasteiger partial charge in [-0.2, -0.15) is 0 Å². The van der Waals surface area contributed by atoms with Crippen LogP contribution in [0.2, 0.25) is 5.02 Å². The SMILES string of the molecule is CN1CCN(C2Cc3ccc(Cl)cc3Sc3ccccc32)CC1. The third-order valence-corrected chi connectivity index (χ3v) is 6.35. The summed E-state index contributed by atoms with van der Waals surface area (Å²) in [7, 11) is 2.21. The summed E-state index contributed by atoms with van der Waals surface area (Å²) >= 11 is 8.09. The second-order valence-corrected chi connectivity index (χ2v) is 7.97. The zero-order valence-electron chi connectivity index (χ0n) is 13.3. The van der Waals surface area contributed by atoms with Gasteiger partial charge in [-0.1, -0.05) is 47.6 Å². The van der Waals surface area contributed by atoms with E-state index in [1.165, 1.54) is 20.9 Å². The van der Waals surface area contributed by atoms with Crippen molar-refractivity contribution >= 4 is 23.4 Å². The Kier molecular flexibility index (Phi) is 4.37. The molecule has 23 heavy (non-hydrogen) atoms. The molecule has 4 heteroatoms. The largest absolute Gasteiger partial charge is 0.304 e. The molecule has 4 rings (SSSR count). The second-order valence-electron chi connectivity index (χ2n) is 6.45. The number of hydrogen-bond donors (Lipinski definition) is 0. The minimum atomic E-state index is 0.467. The number of rotatable bonds is 1. The Morgan fingerprint density at radius 1 is 1.00 bits per heavy atom. The number of nitrogens with zero attached hydrogens (tertiary/aromatic N) is 2. The molecule has 2 heterocycles. The topological polar surface area (TPSA) is 6.48 Å². The smallest absolute Gasteiger partial charge is 0.0417 e. The van der Waals surface area contributed by atoms with Crippen LogP contribution in [0.15, 0.2) is 52.3 Å². The average molecular weight is 345 g/mol. The highest BCUT2D eigenvalue weighted by molar-refractivity contribution is 7.99. The van der Waals surface area contributed by atoms with Crippen LogP contribution in [0.3, 0.4) is 0 Å². The fourth-order valence-electron chi connectivity index (χ4n) is 3.54. The van der Waals surface area contributed by atoms with Crippen molar-refractivity contribution in [2.45, 2.75) is 22.3 Å². The van der Waals surface area contributed by atoms with Gasteiger partial charge in [-0.05, 0) is 42.8 Å². The van der Waals surface area contributed by atoms with E-state index >= 15 is 0 Å². The van der Waals surface area contributed by atoms with Gasteiger partial charge in [-0.25, -0.2) is 0 Å². The standard InChI is InChI=1S/C19H21ClN2S/c1-21-8-10-22(11-9-21)17-12-14-6-7-15(20)13-19(14)23-18-5-3-2-4-16(17)18/h2-7,13,17H,8-12H2,1H3. The van der Waals surface area contributed by atoms with Crippen LogP contribution in [0.25, 0.3) is 0 Å². The van der Waals surface area contributed by atoms with Gasteiger partial charge in [0.25, 0.3) is 0 Å². The molecule has 0 N–H and O–H groups in total. The lowest BCUT2D eigenvalue weighted by Crippen LogP contribution is -2.46. The minimum absolute atomic E-state index is 0.467. The molecule has 2 aromatic carbocycles. The molecule has 2 nitrogen and oxygen atoms in total. The maximum absolute atomic E-state index is 6.23. The molecule has 0 aromatic heterocycles. The van der Waals surface area contributed by atoms with E-state index in [1.807, 2.05) is 17.8 Å². The Labute approximate surface area is 147 Å². The normalized spacial score (nSPS) is 22.3. The molecule has 0 spiro atoms. The first-order chi connectivity index (χ1) is 11.2. The minimum Gasteiger partial charge on any atom is -0.304 e. The predicted octanol–water partition coefficient (Wildman–Crippen LogP) is 4.34. The molecule has 2 aliphatic rings. The summed E-state index contributed by atoms with van der Waals surface area (Å²) in [5.41, 5.74) is 2.88. The van der Waals surface area contributed by atoms with Crippen molar-refractivity contribution in [1.29, 1.82) is 0 Å². The summed E-state index contributed by atoms with van der Waals surface area (Å²) in [4.78, 5) is 7.75. The van der Waals surface area contributed by atoms with Crippen LogP contribution < -0.4 is 0 Å². The molecule has 2 aromatic rings. The van der Waals surface area contributed by atoms with Gasteiger partial charge in [0.05, 0.1) is 0 Å². The number of likely N-dealkylation sites (N-methyl/N-ethyl adjacent to an activating group) is 1. The van der Waals surface area contributed by atoms with Crippen molar-refractivity contribution in [3.8, 4) is 0 Å². The van der Waals surface area contributed by atoms with Gasteiger partial charge in [0.1, 0.15) is 0 Å². The molecule has 120 valence electrons. The van der Waals surface area contributed by atoms with Crippen molar-refractivity contribution in [2.75, 3.05) is 33.2 Å². The van der Waals surface area contributed by atoms with Crippen LogP contribution in [0.4, 0.5) is 0 Å². The first kappa shape index (κ1) is 15.5. The van der Waals surface area contributed by atoms with Crippen LogP contribution in [-0.2, 0) is 6.42 Å². The molecule has 0 amide bonds. The first-order valence-electron chi connectivity index (χ1n) is 8.18. The first-order valence-corrected chi connectivity index (χ1v) is 9.38. The third-order valence-electron chi connectivity index (χ3n) is 4.92. The highest BCUT2D eigenvalue weighted by Gasteiger charge is 2.29. The fraction of sp³-hybridized carbons (Fsp3) is 0.368. The van der Waals surface area contributed by atoms with E-state index in [4.69, 9.17) is 11.6 Å². The van der Waals surface area contributed by atoms with E-state index in [2.05, 4.69) is 53.2 Å². The van der Waals surface area contributed by atoms with E-state index in [0.29, 0.717) is 6.04 Å². The maximum atomic E-state index is 6.23. The molecule has 0 bridgehead atoms. The van der Waals surface area contributed by atoms with Crippen molar-refractivity contribution in [2.24, 2.45) is 0 Å². The van der Waals surface area contributed by atoms with Crippen LogP contribution in [0, 0.1) is 0 Å². The third kappa shape index (κ3) is 3.16. The molecule has 1 saturated heterocycles. The molecule has 1 atom stereocenters. The Bertz CT molecular complexity index is 710. The lowest BCUT2D eigenvalue weighted by Gasteiger charge is -2.38. The van der Waals surface area contributed by atoms with Gasteiger partial charge in [0.2, 0.25) is 0 Å². The second kappa shape index (κ2) is 6.48. The van der Waals surface area contributed by atoms with Gasteiger partial charge in [0, 0.05) is 47.0 Å². The molecule has 2 aliphatic heterocycles. The van der Waals surface area contributed by atoms with E-state index in [9.17, 15) is 0 Å². The number of fused-ring (bicyclic) bond motifs is 2. The number of halogens is 1. The van der Waals surface area contributed by atoms with Crippen LogP contribution in [0.1, 0.15) is 17.2 Å². The van der Waals surface area contributed by atoms with Crippen LogP contribution >= 0.6 is 23.4 Å². The van der Waals surface area contributed by atoms with Gasteiger partial charge >= 0.3 is 0 Å². The summed E-state index contributed by atoms with van der Waals surface area (Å²) in [6.07, 6.45) is 1.07. The van der Waals surface area contributed by atoms with E-state index in [-0.39, 0.29) is 0 Å².